The lowest BCUT2D eigenvalue weighted by atomic mass is 10.1. The molecule has 138 valence electrons. The number of hydrogen-bond donors (Lipinski definition) is 0. The summed E-state index contributed by atoms with van der Waals surface area (Å²) in [5, 5.41) is 10.5. The van der Waals surface area contributed by atoms with Crippen LogP contribution in [0.5, 0.6) is 5.75 Å². The number of nitrogens with zero attached hydrogens (tertiary/aromatic N) is 4. The molecule has 3 heterocycles. The van der Waals surface area contributed by atoms with Crippen molar-refractivity contribution in [3.05, 3.63) is 68.9 Å². The van der Waals surface area contributed by atoms with E-state index in [9.17, 15) is 4.79 Å². The summed E-state index contributed by atoms with van der Waals surface area (Å²) in [5.41, 5.74) is 2.58. The number of thioether (sulfide) groups is 1. The van der Waals surface area contributed by atoms with Gasteiger partial charge in [-0.05, 0) is 24.6 Å². The summed E-state index contributed by atoms with van der Waals surface area (Å²) in [7, 11) is 1.64. The van der Waals surface area contributed by atoms with Crippen LogP contribution >= 0.6 is 23.1 Å². The first-order chi connectivity index (χ1) is 13.1. The highest BCUT2D eigenvalue weighted by atomic mass is 32.2. The molecule has 7 nitrogen and oxygen atoms in total. The summed E-state index contributed by atoms with van der Waals surface area (Å²) in [6, 6.07) is 9.27. The van der Waals surface area contributed by atoms with Crippen LogP contribution in [0.15, 0.2) is 50.1 Å². The second-order valence-corrected chi connectivity index (χ2v) is 7.62. The predicted octanol–water partition coefficient (Wildman–Crippen LogP) is 3.34. The van der Waals surface area contributed by atoms with E-state index in [1.54, 1.807) is 17.6 Å². The Kier molecular flexibility index (Phi) is 4.95. The van der Waals surface area contributed by atoms with Crippen molar-refractivity contribution >= 4 is 28.1 Å². The number of thiazole rings is 1. The average molecular weight is 400 g/mol. The molecule has 4 aromatic rings. The fourth-order valence-electron chi connectivity index (χ4n) is 2.60. The van der Waals surface area contributed by atoms with E-state index in [-0.39, 0.29) is 5.56 Å². The molecule has 0 bridgehead atoms. The van der Waals surface area contributed by atoms with Crippen molar-refractivity contribution in [3.63, 3.8) is 0 Å². The van der Waals surface area contributed by atoms with Crippen molar-refractivity contribution in [2.24, 2.45) is 0 Å². The molecule has 0 aliphatic rings. The molecule has 0 N–H and O–H groups in total. The quantitative estimate of drug-likeness (QED) is 0.459. The van der Waals surface area contributed by atoms with Crippen LogP contribution < -0.4 is 10.3 Å². The van der Waals surface area contributed by atoms with Crippen LogP contribution in [0.1, 0.15) is 22.8 Å². The molecular formula is C18H16N4O3S2. The van der Waals surface area contributed by atoms with Crippen LogP contribution in [0.3, 0.4) is 0 Å². The normalized spacial score (nSPS) is 11.2. The maximum Gasteiger partial charge on any atom is 0.276 e. The largest absolute Gasteiger partial charge is 0.497 e. The molecule has 3 aromatic heterocycles. The Hall–Kier alpha value is -2.65. The van der Waals surface area contributed by atoms with Crippen molar-refractivity contribution in [2.75, 3.05) is 7.11 Å². The Balaban J connectivity index is 1.42. The van der Waals surface area contributed by atoms with Gasteiger partial charge in [-0.3, -0.25) is 9.20 Å². The van der Waals surface area contributed by atoms with Crippen molar-refractivity contribution < 1.29 is 9.15 Å². The topological polar surface area (TPSA) is 82.5 Å². The lowest BCUT2D eigenvalue weighted by molar-refractivity contribution is 0.413. The van der Waals surface area contributed by atoms with Gasteiger partial charge >= 0.3 is 0 Å². The molecule has 0 saturated heterocycles. The molecule has 0 aliphatic heterocycles. The van der Waals surface area contributed by atoms with Gasteiger partial charge in [-0.1, -0.05) is 23.9 Å². The number of aryl methyl sites for hydroxylation is 1. The van der Waals surface area contributed by atoms with E-state index in [0.29, 0.717) is 33.9 Å². The minimum atomic E-state index is -0.0694. The summed E-state index contributed by atoms with van der Waals surface area (Å²) in [4.78, 5) is 17.4. The molecule has 9 heteroatoms. The van der Waals surface area contributed by atoms with Crippen molar-refractivity contribution in [3.8, 4) is 5.75 Å². The monoisotopic (exact) mass is 400 g/mol. The molecular weight excluding hydrogens is 384 g/mol. The smallest absolute Gasteiger partial charge is 0.276 e. The van der Waals surface area contributed by atoms with E-state index in [1.807, 2.05) is 36.6 Å². The molecule has 0 amide bonds. The number of rotatable bonds is 6. The highest BCUT2D eigenvalue weighted by molar-refractivity contribution is 7.98. The third-order valence-electron chi connectivity index (χ3n) is 3.93. The van der Waals surface area contributed by atoms with Gasteiger partial charge in [0, 0.05) is 22.9 Å². The molecule has 4 rings (SSSR count). The first-order valence-electron chi connectivity index (χ1n) is 8.17. The van der Waals surface area contributed by atoms with Gasteiger partial charge in [0.05, 0.1) is 19.2 Å². The van der Waals surface area contributed by atoms with Crippen LogP contribution in [0, 0.1) is 6.92 Å². The van der Waals surface area contributed by atoms with E-state index < -0.39 is 0 Å². The van der Waals surface area contributed by atoms with Gasteiger partial charge in [0.1, 0.15) is 5.75 Å². The van der Waals surface area contributed by atoms with Crippen LogP contribution in [0.2, 0.25) is 0 Å². The zero-order valence-electron chi connectivity index (χ0n) is 14.7. The molecule has 0 saturated carbocycles. The number of aromatic nitrogens is 4. The highest BCUT2D eigenvalue weighted by Gasteiger charge is 2.11. The molecule has 0 radical (unpaired) electrons. The van der Waals surface area contributed by atoms with Gasteiger partial charge in [-0.15, -0.1) is 21.5 Å². The lowest BCUT2D eigenvalue weighted by Gasteiger charge is -2.01. The van der Waals surface area contributed by atoms with Crippen LogP contribution in [-0.2, 0) is 12.2 Å². The zero-order chi connectivity index (χ0) is 18.8. The van der Waals surface area contributed by atoms with Crippen LogP contribution in [0.25, 0.3) is 4.96 Å². The second kappa shape index (κ2) is 7.53. The fraction of sp³-hybridized carbons (Fsp3) is 0.222. The molecule has 0 aliphatic carbocycles. The predicted molar refractivity (Wildman–Crippen MR) is 104 cm³/mol. The Bertz CT molecular complexity index is 1130. The molecule has 27 heavy (non-hydrogen) atoms. The number of benzene rings is 1. The summed E-state index contributed by atoms with van der Waals surface area (Å²) in [6.07, 6.45) is 0.553. The van der Waals surface area contributed by atoms with Crippen molar-refractivity contribution in [1.29, 1.82) is 0 Å². The fourth-order valence-corrected chi connectivity index (χ4v) is 4.16. The molecule has 0 fully saturated rings. The summed E-state index contributed by atoms with van der Waals surface area (Å²) in [6.45, 7) is 1.89. The Morgan fingerprint density at radius 3 is 2.85 bits per heavy atom. The first kappa shape index (κ1) is 17.7. The molecule has 1 aromatic carbocycles. The number of hydrogen-bond acceptors (Lipinski definition) is 8. The van der Waals surface area contributed by atoms with Crippen LogP contribution in [-0.4, -0.2) is 26.7 Å². The van der Waals surface area contributed by atoms with E-state index in [4.69, 9.17) is 9.15 Å². The zero-order valence-corrected chi connectivity index (χ0v) is 16.3. The first-order valence-corrected chi connectivity index (χ1v) is 10.0. The molecule has 0 unspecified atom stereocenters. The van der Waals surface area contributed by atoms with Gasteiger partial charge in [0.15, 0.2) is 4.96 Å². The van der Waals surface area contributed by atoms with Crippen molar-refractivity contribution in [2.45, 2.75) is 24.3 Å². The van der Waals surface area contributed by atoms with Crippen LogP contribution in [0.4, 0.5) is 0 Å². The lowest BCUT2D eigenvalue weighted by Crippen LogP contribution is -2.14. The third kappa shape index (κ3) is 3.88. The van der Waals surface area contributed by atoms with Gasteiger partial charge in [-0.2, -0.15) is 0 Å². The average Bonchev–Trinajstić information content (AvgIpc) is 3.27. The summed E-state index contributed by atoms with van der Waals surface area (Å²) >= 11 is 2.82. The maximum atomic E-state index is 12.2. The van der Waals surface area contributed by atoms with E-state index in [0.717, 1.165) is 17.0 Å². The van der Waals surface area contributed by atoms with Gasteiger partial charge in [0.2, 0.25) is 5.89 Å². The van der Waals surface area contributed by atoms with E-state index >= 15 is 0 Å². The highest BCUT2D eigenvalue weighted by Crippen LogP contribution is 2.22. The maximum absolute atomic E-state index is 12.2. The summed E-state index contributed by atoms with van der Waals surface area (Å²) in [5.74, 6) is 1.84. The Morgan fingerprint density at radius 2 is 2.07 bits per heavy atom. The SMILES string of the molecule is COc1ccc(Cc2nnc(SCc3cc(=O)n4c(C)csc4n3)o2)cc1. The van der Waals surface area contributed by atoms with E-state index in [1.165, 1.54) is 23.1 Å². The van der Waals surface area contributed by atoms with E-state index in [2.05, 4.69) is 15.2 Å². The minimum Gasteiger partial charge on any atom is -0.497 e. The molecule has 0 atom stereocenters. The third-order valence-corrected chi connectivity index (χ3v) is 5.73. The van der Waals surface area contributed by atoms with Gasteiger partial charge in [-0.25, -0.2) is 4.98 Å². The number of ether oxygens (including phenoxy) is 1. The van der Waals surface area contributed by atoms with Crippen molar-refractivity contribution in [1.82, 2.24) is 19.6 Å². The number of fused-ring (bicyclic) bond motifs is 1. The second-order valence-electron chi connectivity index (χ2n) is 5.86. The standard InChI is InChI=1S/C18H16N4O3S2/c1-11-9-26-17-19-13(8-16(23)22(11)17)10-27-18-21-20-15(25-18)7-12-3-5-14(24-2)6-4-12/h3-6,8-9H,7,10H2,1-2H3. The van der Waals surface area contributed by atoms with Gasteiger partial charge < -0.3 is 9.15 Å². The van der Waals surface area contributed by atoms with Gasteiger partial charge in [0.25, 0.3) is 10.8 Å². The number of methoxy groups -OCH3 is 1. The Morgan fingerprint density at radius 1 is 1.26 bits per heavy atom. The minimum absolute atomic E-state index is 0.0694. The summed E-state index contributed by atoms with van der Waals surface area (Å²) < 4.78 is 12.4. The Labute approximate surface area is 163 Å². The molecule has 0 spiro atoms.